The number of thiocarbonyl (C=S) groups is 1. The first-order valence-electron chi connectivity index (χ1n) is 8.88. The average Bonchev–Trinajstić information content (AvgIpc) is 3.16. The number of H-pyrrole nitrogens is 1. The van der Waals surface area contributed by atoms with Crippen LogP contribution in [0.5, 0.6) is 0 Å². The Labute approximate surface area is 163 Å². The van der Waals surface area contributed by atoms with E-state index in [0.717, 1.165) is 28.3 Å². The summed E-state index contributed by atoms with van der Waals surface area (Å²) in [6, 6.07) is 13.0. The van der Waals surface area contributed by atoms with Gasteiger partial charge in [0.15, 0.2) is 5.11 Å². The van der Waals surface area contributed by atoms with Crippen LogP contribution in [0.4, 0.5) is 10.1 Å². The van der Waals surface area contributed by atoms with E-state index in [1.807, 2.05) is 31.2 Å². The molecule has 0 radical (unpaired) electrons. The predicted octanol–water partition coefficient (Wildman–Crippen LogP) is 4.65. The standard InChI is InChI=1S/C21H21FN4S/c1-12-10-15(7-8-17(12)22)26-20(16-11-13(2)24-14(16)3)19(25-21(26)27)18-6-4-5-9-23-18/h4-11,19-20,24H,1-3H3,(H,25,27)/t19-,20+/m0/s1. The van der Waals surface area contributed by atoms with E-state index < -0.39 is 0 Å². The van der Waals surface area contributed by atoms with Crippen LogP contribution >= 0.6 is 12.2 Å². The number of benzene rings is 1. The minimum atomic E-state index is -0.219. The molecule has 27 heavy (non-hydrogen) atoms. The van der Waals surface area contributed by atoms with Gasteiger partial charge in [0.1, 0.15) is 5.82 Å². The number of aryl methyl sites for hydroxylation is 3. The third kappa shape index (κ3) is 3.10. The SMILES string of the molecule is Cc1cc([C@@H]2[C@H](c3ccccn3)NC(=S)N2c2ccc(F)c(C)c2)c(C)[nH]1. The Hall–Kier alpha value is -2.73. The summed E-state index contributed by atoms with van der Waals surface area (Å²) in [6.45, 7) is 5.87. The third-order valence-electron chi connectivity index (χ3n) is 5.03. The van der Waals surface area contributed by atoms with E-state index >= 15 is 0 Å². The molecule has 6 heteroatoms. The second-order valence-electron chi connectivity index (χ2n) is 6.96. The summed E-state index contributed by atoms with van der Waals surface area (Å²) in [7, 11) is 0. The van der Waals surface area contributed by atoms with E-state index in [0.29, 0.717) is 10.7 Å². The van der Waals surface area contributed by atoms with Gasteiger partial charge in [0, 0.05) is 23.3 Å². The van der Waals surface area contributed by atoms with Gasteiger partial charge in [-0.1, -0.05) is 6.07 Å². The molecule has 0 aliphatic carbocycles. The van der Waals surface area contributed by atoms with Gasteiger partial charge in [0.25, 0.3) is 0 Å². The molecule has 1 fully saturated rings. The van der Waals surface area contributed by atoms with Crippen LogP contribution in [0.25, 0.3) is 0 Å². The maximum Gasteiger partial charge on any atom is 0.174 e. The van der Waals surface area contributed by atoms with Crippen molar-refractivity contribution in [1.82, 2.24) is 15.3 Å². The van der Waals surface area contributed by atoms with Gasteiger partial charge in [0.05, 0.1) is 17.8 Å². The van der Waals surface area contributed by atoms with Crippen LogP contribution in [-0.2, 0) is 0 Å². The Morgan fingerprint density at radius 2 is 1.93 bits per heavy atom. The first-order chi connectivity index (χ1) is 13.0. The number of nitrogens with one attached hydrogen (secondary N) is 2. The molecule has 4 rings (SSSR count). The van der Waals surface area contributed by atoms with Gasteiger partial charge < -0.3 is 15.2 Å². The van der Waals surface area contributed by atoms with Gasteiger partial charge >= 0.3 is 0 Å². The van der Waals surface area contributed by atoms with Crippen molar-refractivity contribution < 1.29 is 4.39 Å². The number of aromatic amines is 1. The molecule has 1 aliphatic rings. The maximum atomic E-state index is 13.8. The van der Waals surface area contributed by atoms with Crippen molar-refractivity contribution in [3.63, 3.8) is 0 Å². The number of halogens is 1. The highest BCUT2D eigenvalue weighted by atomic mass is 32.1. The topological polar surface area (TPSA) is 44.0 Å². The van der Waals surface area contributed by atoms with Gasteiger partial charge in [-0.2, -0.15) is 0 Å². The van der Waals surface area contributed by atoms with Crippen LogP contribution in [0.3, 0.4) is 0 Å². The monoisotopic (exact) mass is 380 g/mol. The molecule has 0 saturated carbocycles. The van der Waals surface area contributed by atoms with Crippen LogP contribution in [0.15, 0.2) is 48.7 Å². The van der Waals surface area contributed by atoms with Crippen molar-refractivity contribution in [2.75, 3.05) is 4.90 Å². The molecule has 138 valence electrons. The molecular weight excluding hydrogens is 359 g/mol. The highest BCUT2D eigenvalue weighted by Crippen LogP contribution is 2.42. The first-order valence-corrected chi connectivity index (χ1v) is 9.29. The van der Waals surface area contributed by atoms with Gasteiger partial charge in [-0.15, -0.1) is 0 Å². The smallest absolute Gasteiger partial charge is 0.174 e. The van der Waals surface area contributed by atoms with E-state index in [9.17, 15) is 4.39 Å². The molecule has 0 amide bonds. The summed E-state index contributed by atoms with van der Waals surface area (Å²) in [4.78, 5) is 10.0. The molecule has 1 aromatic carbocycles. The first kappa shape index (κ1) is 17.7. The summed E-state index contributed by atoms with van der Waals surface area (Å²) >= 11 is 5.69. The zero-order valence-corrected chi connectivity index (χ0v) is 16.3. The molecule has 4 nitrogen and oxygen atoms in total. The van der Waals surface area contributed by atoms with Crippen molar-refractivity contribution >= 4 is 23.0 Å². The molecule has 0 unspecified atom stereocenters. The minimum absolute atomic E-state index is 0.0813. The molecule has 3 aromatic rings. The molecule has 3 heterocycles. The summed E-state index contributed by atoms with van der Waals surface area (Å²) in [5.41, 5.74) is 5.72. The number of anilines is 1. The lowest BCUT2D eigenvalue weighted by Crippen LogP contribution is -2.29. The Morgan fingerprint density at radius 1 is 1.11 bits per heavy atom. The van der Waals surface area contributed by atoms with Crippen molar-refractivity contribution in [1.29, 1.82) is 0 Å². The maximum absolute atomic E-state index is 13.8. The van der Waals surface area contributed by atoms with Gasteiger partial charge in [-0.3, -0.25) is 4.98 Å². The number of aromatic nitrogens is 2. The molecular formula is C21H21FN4S. The van der Waals surface area contributed by atoms with Crippen molar-refractivity contribution in [2.24, 2.45) is 0 Å². The summed E-state index contributed by atoms with van der Waals surface area (Å²) in [6.07, 6.45) is 1.79. The fourth-order valence-corrected chi connectivity index (χ4v) is 4.13. The molecule has 0 spiro atoms. The highest BCUT2D eigenvalue weighted by Gasteiger charge is 2.41. The van der Waals surface area contributed by atoms with E-state index in [1.165, 1.54) is 6.07 Å². The van der Waals surface area contributed by atoms with Crippen molar-refractivity contribution in [3.8, 4) is 0 Å². The lowest BCUT2D eigenvalue weighted by Gasteiger charge is -2.28. The van der Waals surface area contributed by atoms with Crippen molar-refractivity contribution in [3.05, 3.63) is 82.7 Å². The largest absolute Gasteiger partial charge is 0.362 e. The summed E-state index contributed by atoms with van der Waals surface area (Å²) in [5, 5.41) is 4.04. The summed E-state index contributed by atoms with van der Waals surface area (Å²) in [5.74, 6) is -0.219. The molecule has 2 aromatic heterocycles. The van der Waals surface area contributed by atoms with E-state index in [4.69, 9.17) is 12.2 Å². The normalized spacial score (nSPS) is 19.4. The fraction of sp³-hybridized carbons (Fsp3) is 0.238. The third-order valence-corrected chi connectivity index (χ3v) is 5.34. The van der Waals surface area contributed by atoms with Gasteiger partial charge in [-0.25, -0.2) is 4.39 Å². The molecule has 2 atom stereocenters. The fourth-order valence-electron chi connectivity index (χ4n) is 3.78. The van der Waals surface area contributed by atoms with Crippen LogP contribution < -0.4 is 10.2 Å². The van der Waals surface area contributed by atoms with Crippen LogP contribution in [0, 0.1) is 26.6 Å². The van der Waals surface area contributed by atoms with Crippen LogP contribution in [-0.4, -0.2) is 15.1 Å². The lowest BCUT2D eigenvalue weighted by atomic mass is 9.96. The van der Waals surface area contributed by atoms with E-state index in [-0.39, 0.29) is 17.9 Å². The predicted molar refractivity (Wildman–Crippen MR) is 109 cm³/mol. The highest BCUT2D eigenvalue weighted by molar-refractivity contribution is 7.80. The van der Waals surface area contributed by atoms with Crippen molar-refractivity contribution in [2.45, 2.75) is 32.9 Å². The number of nitrogens with zero attached hydrogens (tertiary/aromatic N) is 2. The molecule has 1 saturated heterocycles. The van der Waals surface area contributed by atoms with E-state index in [2.05, 4.69) is 33.2 Å². The molecule has 1 aliphatic heterocycles. The minimum Gasteiger partial charge on any atom is -0.362 e. The van der Waals surface area contributed by atoms with E-state index in [1.54, 1.807) is 19.2 Å². The molecule has 0 bridgehead atoms. The Balaban J connectivity index is 1.87. The zero-order chi connectivity index (χ0) is 19.1. The van der Waals surface area contributed by atoms with Crippen LogP contribution in [0.1, 0.15) is 40.3 Å². The second kappa shape index (κ2) is 6.78. The zero-order valence-electron chi connectivity index (χ0n) is 15.5. The quantitative estimate of drug-likeness (QED) is 0.649. The second-order valence-corrected chi connectivity index (χ2v) is 7.35. The summed E-state index contributed by atoms with van der Waals surface area (Å²) < 4.78 is 13.8. The van der Waals surface area contributed by atoms with Gasteiger partial charge in [-0.05, 0) is 80.5 Å². The Morgan fingerprint density at radius 3 is 2.56 bits per heavy atom. The van der Waals surface area contributed by atoms with Gasteiger partial charge in [0.2, 0.25) is 0 Å². The lowest BCUT2D eigenvalue weighted by molar-refractivity contribution is 0.565. The Bertz CT molecular complexity index is 999. The van der Waals surface area contributed by atoms with Crippen LogP contribution in [0.2, 0.25) is 0 Å². The number of hydrogen-bond acceptors (Lipinski definition) is 2. The number of pyridine rings is 1. The number of rotatable bonds is 3. The average molecular weight is 380 g/mol. The Kier molecular flexibility index (Phi) is 4.44. The number of hydrogen-bond donors (Lipinski definition) is 2. The molecule has 2 N–H and O–H groups in total.